The number of hydrogen-bond acceptors (Lipinski definition) is 6. The molecule has 1 aromatic carbocycles. The standard InChI is InChI=1S/C19H20N4O3S/c1-19-14(7-12(24)8-16(19)27-10-15(21)18(25)26)13(9-20)17(22)23(19)11-5-3-2-4-6-11/h2-7,15-16,22,24H,8,10,21H2,1H3,(H,25,26)/t15-,16-,19+/m0/s1. The number of hydrogen-bond donors (Lipinski definition) is 4. The predicted octanol–water partition coefficient (Wildman–Crippen LogP) is 2.42. The monoisotopic (exact) mass is 384 g/mol. The van der Waals surface area contributed by atoms with E-state index in [1.165, 1.54) is 11.8 Å². The Morgan fingerprint density at radius 2 is 2.19 bits per heavy atom. The number of anilines is 1. The Morgan fingerprint density at radius 3 is 2.78 bits per heavy atom. The lowest BCUT2D eigenvalue weighted by Gasteiger charge is -2.45. The Morgan fingerprint density at radius 1 is 1.52 bits per heavy atom. The van der Waals surface area contributed by atoms with Gasteiger partial charge in [-0.1, -0.05) is 18.2 Å². The van der Waals surface area contributed by atoms with E-state index in [1.807, 2.05) is 37.3 Å². The molecule has 27 heavy (non-hydrogen) atoms. The van der Waals surface area contributed by atoms with Crippen LogP contribution in [0.5, 0.6) is 0 Å². The van der Waals surface area contributed by atoms with Gasteiger partial charge in [0.15, 0.2) is 0 Å². The molecule has 0 aromatic heterocycles. The second kappa shape index (κ2) is 7.10. The molecule has 140 valence electrons. The molecule has 5 N–H and O–H groups in total. The van der Waals surface area contributed by atoms with Gasteiger partial charge in [-0.2, -0.15) is 17.0 Å². The molecule has 0 fully saturated rings. The number of aliphatic hydroxyl groups excluding tert-OH is 1. The molecule has 0 radical (unpaired) electrons. The topological polar surface area (TPSA) is 134 Å². The summed E-state index contributed by atoms with van der Waals surface area (Å²) in [4.78, 5) is 12.9. The summed E-state index contributed by atoms with van der Waals surface area (Å²) >= 11 is 1.34. The first-order chi connectivity index (χ1) is 12.8. The van der Waals surface area contributed by atoms with Crippen LogP contribution in [0, 0.1) is 16.7 Å². The van der Waals surface area contributed by atoms with Crippen LogP contribution in [0.1, 0.15) is 13.3 Å². The Bertz CT molecular complexity index is 890. The van der Waals surface area contributed by atoms with E-state index in [0.717, 1.165) is 5.69 Å². The molecular weight excluding hydrogens is 364 g/mol. The van der Waals surface area contributed by atoms with Gasteiger partial charge < -0.3 is 20.8 Å². The third kappa shape index (κ3) is 3.09. The number of nitrogens with two attached hydrogens (primary N) is 1. The highest BCUT2D eigenvalue weighted by molar-refractivity contribution is 8.00. The van der Waals surface area contributed by atoms with Crippen LogP contribution < -0.4 is 10.6 Å². The van der Waals surface area contributed by atoms with Crippen LogP contribution in [0.25, 0.3) is 0 Å². The first kappa shape index (κ1) is 19.0. The molecule has 1 heterocycles. The van der Waals surface area contributed by atoms with Crippen molar-refractivity contribution in [2.45, 2.75) is 30.2 Å². The average molecular weight is 384 g/mol. The van der Waals surface area contributed by atoms with Crippen LogP contribution in [0.3, 0.4) is 0 Å². The normalized spacial score (nSPS) is 25.7. The van der Waals surface area contributed by atoms with Crippen molar-refractivity contribution in [1.29, 1.82) is 10.7 Å². The zero-order chi connectivity index (χ0) is 19.8. The number of fused-ring (bicyclic) bond motifs is 1. The summed E-state index contributed by atoms with van der Waals surface area (Å²) in [5.41, 5.74) is 6.42. The van der Waals surface area contributed by atoms with Gasteiger partial charge in [-0.25, -0.2) is 0 Å². The quantitative estimate of drug-likeness (QED) is 0.612. The minimum absolute atomic E-state index is 0.0697. The summed E-state index contributed by atoms with van der Waals surface area (Å²) in [6.07, 6.45) is 1.86. The molecule has 1 aromatic rings. The number of nitrogens with zero attached hydrogens (tertiary/aromatic N) is 2. The third-order valence-corrected chi connectivity index (χ3v) is 6.57. The number of carboxylic acids is 1. The molecule has 0 saturated heterocycles. The van der Waals surface area contributed by atoms with Gasteiger partial charge in [0.05, 0.1) is 11.3 Å². The van der Waals surface area contributed by atoms with Crippen LogP contribution in [0.15, 0.2) is 53.3 Å². The molecule has 2 aliphatic rings. The second-order valence-corrected chi connectivity index (χ2v) is 7.91. The first-order valence-corrected chi connectivity index (χ1v) is 9.44. The van der Waals surface area contributed by atoms with Gasteiger partial charge in [-0.3, -0.25) is 10.2 Å². The number of aliphatic hydroxyl groups is 1. The maximum atomic E-state index is 11.1. The lowest BCUT2D eigenvalue weighted by molar-refractivity contribution is -0.137. The number of rotatable bonds is 5. The van der Waals surface area contributed by atoms with Crippen LogP contribution in [0.2, 0.25) is 0 Å². The fourth-order valence-corrected chi connectivity index (χ4v) is 5.02. The number of benzene rings is 1. The van der Waals surface area contributed by atoms with Crippen molar-refractivity contribution in [1.82, 2.24) is 0 Å². The maximum absolute atomic E-state index is 11.1. The Kier molecular flexibility index (Phi) is 5.00. The number of nitriles is 1. The van der Waals surface area contributed by atoms with E-state index in [9.17, 15) is 15.2 Å². The largest absolute Gasteiger partial charge is 0.512 e. The molecule has 0 amide bonds. The number of aliphatic carboxylic acids is 1. The summed E-state index contributed by atoms with van der Waals surface area (Å²) < 4.78 is 0. The van der Waals surface area contributed by atoms with Crippen molar-refractivity contribution in [3.63, 3.8) is 0 Å². The van der Waals surface area contributed by atoms with E-state index in [4.69, 9.17) is 16.2 Å². The number of nitrogens with one attached hydrogen (secondary N) is 1. The van der Waals surface area contributed by atoms with E-state index >= 15 is 0 Å². The molecular formula is C19H20N4O3S. The Hall–Kier alpha value is -2.76. The number of carboxylic acid groups (broad SMARTS) is 1. The third-order valence-electron chi connectivity index (χ3n) is 4.99. The highest BCUT2D eigenvalue weighted by atomic mass is 32.2. The van der Waals surface area contributed by atoms with Crippen LogP contribution >= 0.6 is 11.8 Å². The molecule has 0 saturated carbocycles. The fraction of sp³-hybridized carbons (Fsp3) is 0.316. The van der Waals surface area contributed by atoms with Gasteiger partial charge in [0.25, 0.3) is 0 Å². The van der Waals surface area contributed by atoms with Gasteiger partial charge >= 0.3 is 5.97 Å². The van der Waals surface area contributed by atoms with Crippen molar-refractivity contribution in [2.75, 3.05) is 10.7 Å². The number of amidine groups is 1. The zero-order valence-electron chi connectivity index (χ0n) is 14.7. The van der Waals surface area contributed by atoms with Crippen molar-refractivity contribution >= 4 is 29.3 Å². The highest BCUT2D eigenvalue weighted by Gasteiger charge is 2.53. The van der Waals surface area contributed by atoms with Gasteiger partial charge in [0, 0.05) is 28.7 Å². The molecule has 0 spiro atoms. The minimum Gasteiger partial charge on any atom is -0.512 e. The second-order valence-electron chi connectivity index (χ2n) is 6.67. The van der Waals surface area contributed by atoms with E-state index in [0.29, 0.717) is 12.0 Å². The van der Waals surface area contributed by atoms with Crippen molar-refractivity contribution in [3.05, 3.63) is 53.3 Å². The molecule has 3 rings (SSSR count). The highest BCUT2D eigenvalue weighted by Crippen LogP contribution is 2.49. The number of thioether (sulfide) groups is 1. The molecule has 0 bridgehead atoms. The van der Waals surface area contributed by atoms with E-state index < -0.39 is 17.6 Å². The van der Waals surface area contributed by atoms with Gasteiger partial charge in [0.1, 0.15) is 23.5 Å². The molecule has 8 heteroatoms. The number of para-hydroxylation sites is 1. The molecule has 3 atom stereocenters. The van der Waals surface area contributed by atoms with Crippen LogP contribution in [-0.2, 0) is 4.79 Å². The minimum atomic E-state index is -1.09. The number of carbonyl (C=O) groups is 1. The first-order valence-electron chi connectivity index (χ1n) is 8.39. The Balaban J connectivity index is 2.08. The number of allylic oxidation sites excluding steroid dienone is 1. The predicted molar refractivity (Wildman–Crippen MR) is 105 cm³/mol. The van der Waals surface area contributed by atoms with Gasteiger partial charge in [0.2, 0.25) is 0 Å². The van der Waals surface area contributed by atoms with Crippen LogP contribution in [-0.4, -0.2) is 44.6 Å². The van der Waals surface area contributed by atoms with Crippen molar-refractivity contribution < 1.29 is 15.0 Å². The van der Waals surface area contributed by atoms with Crippen molar-refractivity contribution in [3.8, 4) is 6.07 Å². The summed E-state index contributed by atoms with van der Waals surface area (Å²) in [7, 11) is 0. The molecule has 0 unspecified atom stereocenters. The van der Waals surface area contributed by atoms with E-state index in [1.54, 1.807) is 11.0 Å². The summed E-state index contributed by atoms with van der Waals surface area (Å²) in [6, 6.07) is 10.4. The van der Waals surface area contributed by atoms with E-state index in [-0.39, 0.29) is 28.2 Å². The molecule has 1 aliphatic carbocycles. The maximum Gasteiger partial charge on any atom is 0.321 e. The fourth-order valence-electron chi connectivity index (χ4n) is 3.59. The van der Waals surface area contributed by atoms with Gasteiger partial charge in [-0.05, 0) is 25.1 Å². The summed E-state index contributed by atoms with van der Waals surface area (Å²) in [6.45, 7) is 1.92. The summed E-state index contributed by atoms with van der Waals surface area (Å²) in [5, 5.41) is 37.2. The zero-order valence-corrected chi connectivity index (χ0v) is 15.5. The van der Waals surface area contributed by atoms with E-state index in [2.05, 4.69) is 6.07 Å². The molecule has 7 nitrogen and oxygen atoms in total. The van der Waals surface area contributed by atoms with Gasteiger partial charge in [-0.15, -0.1) is 0 Å². The van der Waals surface area contributed by atoms with Crippen molar-refractivity contribution in [2.24, 2.45) is 5.73 Å². The smallest absolute Gasteiger partial charge is 0.321 e. The average Bonchev–Trinajstić information content (AvgIpc) is 2.86. The van der Waals surface area contributed by atoms with Crippen LogP contribution in [0.4, 0.5) is 5.69 Å². The lowest BCUT2D eigenvalue weighted by Crippen LogP contribution is -2.55. The summed E-state index contributed by atoms with van der Waals surface area (Å²) in [5.74, 6) is -0.746. The Labute approximate surface area is 161 Å². The SMILES string of the molecule is C[C@]12C(=C(C#N)C(=N)N1c1ccccc1)C=C(O)C[C@@H]2SC[C@H](N)C(=O)O. The lowest BCUT2D eigenvalue weighted by atomic mass is 9.81. The molecule has 1 aliphatic heterocycles.